The lowest BCUT2D eigenvalue weighted by molar-refractivity contribution is -0.117. The average Bonchev–Trinajstić information content (AvgIpc) is 2.80. The Hall–Kier alpha value is -1.55. The molecular formula is C15H18N2OS. The molecule has 2 rings (SSSR count). The van der Waals surface area contributed by atoms with E-state index < -0.39 is 0 Å². The normalized spacial score (nSPS) is 10.9. The van der Waals surface area contributed by atoms with Gasteiger partial charge in [0.1, 0.15) is 5.78 Å². The Morgan fingerprint density at radius 2 is 2.05 bits per heavy atom. The fourth-order valence-corrected chi connectivity index (χ4v) is 2.73. The summed E-state index contributed by atoms with van der Waals surface area (Å²) in [6.07, 6.45) is 0.846. The molecule has 4 heteroatoms. The molecule has 0 fully saturated rings. The molecule has 2 heterocycles. The van der Waals surface area contributed by atoms with Gasteiger partial charge in [-0.05, 0) is 42.0 Å². The Bertz CT molecular complexity index is 558. The molecule has 0 atom stereocenters. The maximum absolute atomic E-state index is 12.0. The molecule has 0 N–H and O–H groups in total. The molecule has 19 heavy (non-hydrogen) atoms. The van der Waals surface area contributed by atoms with Crippen molar-refractivity contribution in [3.8, 4) is 0 Å². The number of carbonyl (C=O) groups excluding carboxylic acids is 1. The van der Waals surface area contributed by atoms with E-state index >= 15 is 0 Å². The topological polar surface area (TPSA) is 42.9 Å². The van der Waals surface area contributed by atoms with Crippen LogP contribution >= 0.6 is 11.3 Å². The second kappa shape index (κ2) is 6.06. The summed E-state index contributed by atoms with van der Waals surface area (Å²) in [6, 6.07) is 5.89. The molecule has 0 aliphatic heterocycles. The van der Waals surface area contributed by atoms with Gasteiger partial charge in [0.2, 0.25) is 0 Å². The summed E-state index contributed by atoms with van der Waals surface area (Å²) >= 11 is 1.73. The molecule has 0 aliphatic rings. The van der Waals surface area contributed by atoms with Gasteiger partial charge in [0, 0.05) is 11.3 Å². The highest BCUT2D eigenvalue weighted by molar-refractivity contribution is 7.10. The van der Waals surface area contributed by atoms with Crippen molar-refractivity contribution >= 4 is 17.1 Å². The minimum Gasteiger partial charge on any atom is -0.299 e. The maximum atomic E-state index is 12.0. The minimum atomic E-state index is 0.186. The summed E-state index contributed by atoms with van der Waals surface area (Å²) < 4.78 is 0. The minimum absolute atomic E-state index is 0.186. The van der Waals surface area contributed by atoms with Crippen LogP contribution in [0.15, 0.2) is 23.6 Å². The second-order valence-corrected chi connectivity index (χ2v) is 6.01. The Morgan fingerprint density at radius 1 is 1.26 bits per heavy atom. The largest absolute Gasteiger partial charge is 0.299 e. The van der Waals surface area contributed by atoms with Gasteiger partial charge in [-0.2, -0.15) is 10.2 Å². The van der Waals surface area contributed by atoms with Gasteiger partial charge in [-0.25, -0.2) is 0 Å². The first-order valence-electron chi connectivity index (χ1n) is 6.43. The summed E-state index contributed by atoms with van der Waals surface area (Å²) in [4.78, 5) is 13.3. The quantitative estimate of drug-likeness (QED) is 0.840. The fourth-order valence-electron chi connectivity index (χ4n) is 1.80. The molecule has 0 unspecified atom stereocenters. The summed E-state index contributed by atoms with van der Waals surface area (Å²) in [5.41, 5.74) is 2.73. The number of ketones is 1. The van der Waals surface area contributed by atoms with Crippen LogP contribution in [-0.4, -0.2) is 16.0 Å². The molecule has 0 saturated carbocycles. The molecular weight excluding hydrogens is 256 g/mol. The lowest BCUT2D eigenvalue weighted by Crippen LogP contribution is -2.08. The summed E-state index contributed by atoms with van der Waals surface area (Å²) in [6.45, 7) is 6.22. The number of thiophene rings is 1. The predicted octanol–water partition coefficient (Wildman–Crippen LogP) is 3.32. The van der Waals surface area contributed by atoms with Crippen LogP contribution in [0.25, 0.3) is 0 Å². The molecule has 100 valence electrons. The highest BCUT2D eigenvalue weighted by Crippen LogP contribution is 2.23. The van der Waals surface area contributed by atoms with E-state index in [2.05, 4.69) is 35.5 Å². The number of aryl methyl sites for hydroxylation is 1. The molecule has 0 aromatic carbocycles. The summed E-state index contributed by atoms with van der Waals surface area (Å²) in [5, 5.41) is 10.1. The van der Waals surface area contributed by atoms with Gasteiger partial charge in [0.25, 0.3) is 0 Å². The van der Waals surface area contributed by atoms with E-state index in [-0.39, 0.29) is 5.78 Å². The van der Waals surface area contributed by atoms with Gasteiger partial charge >= 0.3 is 0 Å². The van der Waals surface area contributed by atoms with Gasteiger partial charge < -0.3 is 0 Å². The van der Waals surface area contributed by atoms with Crippen LogP contribution in [0.4, 0.5) is 0 Å². The Kier molecular flexibility index (Phi) is 4.43. The third-order valence-electron chi connectivity index (χ3n) is 2.88. The maximum Gasteiger partial charge on any atom is 0.143 e. The van der Waals surface area contributed by atoms with Gasteiger partial charge in [-0.3, -0.25) is 4.79 Å². The van der Waals surface area contributed by atoms with Gasteiger partial charge in [-0.1, -0.05) is 13.8 Å². The lowest BCUT2D eigenvalue weighted by Gasteiger charge is -2.00. The van der Waals surface area contributed by atoms with Gasteiger partial charge in [0.05, 0.1) is 17.8 Å². The van der Waals surface area contributed by atoms with Crippen molar-refractivity contribution in [1.82, 2.24) is 10.2 Å². The van der Waals surface area contributed by atoms with Crippen LogP contribution in [0, 0.1) is 6.92 Å². The Balaban J connectivity index is 1.95. The van der Waals surface area contributed by atoms with E-state index in [1.165, 1.54) is 4.88 Å². The third kappa shape index (κ3) is 3.96. The highest BCUT2D eigenvalue weighted by Gasteiger charge is 2.09. The van der Waals surface area contributed by atoms with Crippen LogP contribution in [0.2, 0.25) is 0 Å². The van der Waals surface area contributed by atoms with Crippen LogP contribution in [-0.2, 0) is 17.6 Å². The van der Waals surface area contributed by atoms with Crippen molar-refractivity contribution in [3.05, 3.63) is 45.4 Å². The molecule has 0 aliphatic carbocycles. The molecule has 0 saturated heterocycles. The van der Waals surface area contributed by atoms with Crippen LogP contribution < -0.4 is 0 Å². The van der Waals surface area contributed by atoms with Crippen molar-refractivity contribution in [2.75, 3.05) is 0 Å². The molecule has 2 aromatic rings. The number of hydrogen-bond donors (Lipinski definition) is 0. The molecule has 0 radical (unpaired) electrons. The second-order valence-electron chi connectivity index (χ2n) is 5.07. The Labute approximate surface area is 117 Å². The number of nitrogens with zero attached hydrogens (tertiary/aromatic N) is 2. The molecule has 3 nitrogen and oxygen atoms in total. The average molecular weight is 274 g/mol. The monoisotopic (exact) mass is 274 g/mol. The van der Waals surface area contributed by atoms with E-state index in [1.54, 1.807) is 11.3 Å². The van der Waals surface area contributed by atoms with Gasteiger partial charge in [-0.15, -0.1) is 11.3 Å². The van der Waals surface area contributed by atoms with Crippen LogP contribution in [0.5, 0.6) is 0 Å². The van der Waals surface area contributed by atoms with Crippen molar-refractivity contribution in [3.63, 3.8) is 0 Å². The molecule has 0 spiro atoms. The van der Waals surface area contributed by atoms with E-state index in [1.807, 2.05) is 19.1 Å². The van der Waals surface area contributed by atoms with E-state index in [0.29, 0.717) is 18.8 Å². The van der Waals surface area contributed by atoms with Crippen molar-refractivity contribution in [2.45, 2.75) is 39.5 Å². The standard InChI is InChI=1S/C15H18N2OS/c1-10(2)15-7-12(9-19-15)6-14(18)8-13-5-4-11(3)16-17-13/h4-5,7,9-10H,6,8H2,1-3H3. The Morgan fingerprint density at radius 3 is 2.63 bits per heavy atom. The summed E-state index contributed by atoms with van der Waals surface area (Å²) in [7, 11) is 0. The molecule has 2 aromatic heterocycles. The number of carbonyl (C=O) groups is 1. The molecule has 0 amide bonds. The van der Waals surface area contributed by atoms with Gasteiger partial charge in [0.15, 0.2) is 0 Å². The SMILES string of the molecule is Cc1ccc(CC(=O)Cc2csc(C(C)C)c2)nn1. The highest BCUT2D eigenvalue weighted by atomic mass is 32.1. The number of hydrogen-bond acceptors (Lipinski definition) is 4. The molecule has 0 bridgehead atoms. The predicted molar refractivity (Wildman–Crippen MR) is 77.6 cm³/mol. The number of aromatic nitrogens is 2. The van der Waals surface area contributed by atoms with E-state index in [9.17, 15) is 4.79 Å². The van der Waals surface area contributed by atoms with Crippen molar-refractivity contribution < 1.29 is 4.79 Å². The van der Waals surface area contributed by atoms with Crippen molar-refractivity contribution in [1.29, 1.82) is 0 Å². The van der Waals surface area contributed by atoms with Crippen molar-refractivity contribution in [2.24, 2.45) is 0 Å². The fraction of sp³-hybridized carbons (Fsp3) is 0.400. The number of rotatable bonds is 5. The lowest BCUT2D eigenvalue weighted by atomic mass is 10.1. The first-order chi connectivity index (χ1) is 9.04. The first-order valence-corrected chi connectivity index (χ1v) is 7.31. The van der Waals surface area contributed by atoms with E-state index in [4.69, 9.17) is 0 Å². The first kappa shape index (κ1) is 13.9. The smallest absolute Gasteiger partial charge is 0.143 e. The van der Waals surface area contributed by atoms with E-state index in [0.717, 1.165) is 17.0 Å². The van der Waals surface area contributed by atoms with Crippen LogP contribution in [0.3, 0.4) is 0 Å². The third-order valence-corrected chi connectivity index (χ3v) is 4.16. The zero-order valence-electron chi connectivity index (χ0n) is 11.5. The zero-order valence-corrected chi connectivity index (χ0v) is 12.3. The van der Waals surface area contributed by atoms with Crippen LogP contribution in [0.1, 0.15) is 41.6 Å². The summed E-state index contributed by atoms with van der Waals surface area (Å²) in [5.74, 6) is 0.711. The number of Topliss-reactive ketones (excluding diaryl/α,β-unsaturated/α-hetero) is 1. The zero-order chi connectivity index (χ0) is 13.8.